The molecule has 0 spiro atoms. The lowest BCUT2D eigenvalue weighted by Crippen LogP contribution is -2.34. The summed E-state index contributed by atoms with van der Waals surface area (Å²) < 4.78 is 19.6. The summed E-state index contributed by atoms with van der Waals surface area (Å²) in [6, 6.07) is 3.18. The van der Waals surface area contributed by atoms with E-state index in [0.717, 1.165) is 24.9 Å². The highest BCUT2D eigenvalue weighted by Crippen LogP contribution is 2.39. The van der Waals surface area contributed by atoms with Crippen LogP contribution < -0.4 is 5.32 Å². The predicted octanol–water partition coefficient (Wildman–Crippen LogP) is 4.36. The van der Waals surface area contributed by atoms with E-state index in [-0.39, 0.29) is 24.1 Å². The van der Waals surface area contributed by atoms with Gasteiger partial charge in [0.15, 0.2) is 0 Å². The Morgan fingerprint density at radius 1 is 1.42 bits per heavy atom. The highest BCUT2D eigenvalue weighted by atomic mass is 35.5. The Morgan fingerprint density at radius 2 is 2.21 bits per heavy atom. The first-order chi connectivity index (χ1) is 8.68. The molecule has 0 bridgehead atoms. The molecule has 1 aliphatic rings. The Kier molecular flexibility index (Phi) is 4.39. The van der Waals surface area contributed by atoms with E-state index >= 15 is 0 Å². The van der Waals surface area contributed by atoms with Crippen molar-refractivity contribution in [3.8, 4) is 0 Å². The van der Waals surface area contributed by atoms with Gasteiger partial charge in [0.05, 0.1) is 5.02 Å². The van der Waals surface area contributed by atoms with Gasteiger partial charge in [-0.25, -0.2) is 4.39 Å². The lowest BCUT2D eigenvalue weighted by molar-refractivity contribution is 0.341. The molecular weight excluding hydrogens is 288 g/mol. The van der Waals surface area contributed by atoms with Crippen molar-refractivity contribution in [3.63, 3.8) is 0 Å². The molecule has 2 unspecified atom stereocenters. The van der Waals surface area contributed by atoms with Crippen molar-refractivity contribution in [2.75, 3.05) is 13.1 Å². The predicted molar refractivity (Wildman–Crippen MR) is 77.8 cm³/mol. The van der Waals surface area contributed by atoms with E-state index in [1.54, 1.807) is 6.07 Å². The molecule has 2 aromatic rings. The van der Waals surface area contributed by atoms with E-state index in [0.29, 0.717) is 22.1 Å². The Morgan fingerprint density at radius 3 is 2.95 bits per heavy atom. The summed E-state index contributed by atoms with van der Waals surface area (Å²) in [6.45, 7) is 3.97. The van der Waals surface area contributed by atoms with E-state index in [2.05, 4.69) is 12.2 Å². The van der Waals surface area contributed by atoms with Crippen LogP contribution in [0.3, 0.4) is 0 Å². The number of hydrogen-bond acceptors (Lipinski definition) is 2. The minimum atomic E-state index is -0.188. The molecule has 1 saturated heterocycles. The zero-order valence-corrected chi connectivity index (χ0v) is 12.2. The highest BCUT2D eigenvalue weighted by molar-refractivity contribution is 6.35. The van der Waals surface area contributed by atoms with Crippen LogP contribution in [0.1, 0.15) is 24.8 Å². The van der Waals surface area contributed by atoms with Crippen molar-refractivity contribution in [1.29, 1.82) is 0 Å². The zero-order chi connectivity index (χ0) is 12.7. The first kappa shape index (κ1) is 14.6. The molecule has 0 amide bonds. The molecule has 0 aliphatic carbocycles. The van der Waals surface area contributed by atoms with Crippen molar-refractivity contribution in [2.45, 2.75) is 19.3 Å². The van der Waals surface area contributed by atoms with Crippen LogP contribution in [0.25, 0.3) is 11.0 Å². The molecule has 1 fully saturated rings. The Bertz CT molecular complexity index is 584. The second-order valence-electron chi connectivity index (χ2n) is 5.00. The average molecular weight is 304 g/mol. The SMILES string of the molecule is CC1CNCCC1c1c(F)ccc2c(Cl)coc12.Cl. The van der Waals surface area contributed by atoms with Crippen LogP contribution in [-0.2, 0) is 0 Å². The molecule has 0 radical (unpaired) electrons. The second-order valence-corrected chi connectivity index (χ2v) is 5.41. The van der Waals surface area contributed by atoms with E-state index in [1.807, 2.05) is 0 Å². The molecule has 0 saturated carbocycles. The lowest BCUT2D eigenvalue weighted by atomic mass is 9.81. The van der Waals surface area contributed by atoms with E-state index in [9.17, 15) is 4.39 Å². The fourth-order valence-corrected chi connectivity index (χ4v) is 3.05. The number of piperidine rings is 1. The smallest absolute Gasteiger partial charge is 0.141 e. The third kappa shape index (κ3) is 2.47. The van der Waals surface area contributed by atoms with Gasteiger partial charge < -0.3 is 9.73 Å². The van der Waals surface area contributed by atoms with Gasteiger partial charge in [-0.3, -0.25) is 0 Å². The van der Waals surface area contributed by atoms with E-state index < -0.39 is 0 Å². The highest BCUT2D eigenvalue weighted by Gasteiger charge is 2.28. The maximum atomic E-state index is 14.2. The third-order valence-corrected chi connectivity index (χ3v) is 4.13. The normalized spacial score (nSPS) is 23.3. The molecular formula is C14H16Cl2FNO. The van der Waals surface area contributed by atoms with Crippen molar-refractivity contribution < 1.29 is 8.81 Å². The van der Waals surface area contributed by atoms with Gasteiger partial charge in [0.1, 0.15) is 17.7 Å². The van der Waals surface area contributed by atoms with Gasteiger partial charge in [-0.05, 0) is 43.5 Å². The van der Waals surface area contributed by atoms with Gasteiger partial charge in [-0.2, -0.15) is 0 Å². The standard InChI is InChI=1S/C14H15ClFNO.ClH/c1-8-6-17-5-4-9(8)13-12(16)3-2-10-11(15)7-18-14(10)13;/h2-3,7-9,17H,4-6H2,1H3;1H. The number of nitrogens with one attached hydrogen (secondary N) is 1. The molecule has 1 N–H and O–H groups in total. The van der Waals surface area contributed by atoms with Crippen LogP contribution >= 0.6 is 24.0 Å². The Balaban J connectivity index is 0.00000133. The number of furan rings is 1. The Hall–Kier alpha value is -0.770. The van der Waals surface area contributed by atoms with Crippen LogP contribution in [0.5, 0.6) is 0 Å². The van der Waals surface area contributed by atoms with Crippen LogP contribution in [0.4, 0.5) is 4.39 Å². The molecule has 5 heteroatoms. The van der Waals surface area contributed by atoms with Crippen molar-refractivity contribution in [1.82, 2.24) is 5.32 Å². The molecule has 2 nitrogen and oxygen atoms in total. The van der Waals surface area contributed by atoms with Crippen LogP contribution in [0.2, 0.25) is 5.02 Å². The third-order valence-electron chi connectivity index (χ3n) is 3.84. The van der Waals surface area contributed by atoms with Crippen molar-refractivity contribution in [3.05, 3.63) is 34.8 Å². The molecule has 3 rings (SSSR count). The topological polar surface area (TPSA) is 25.2 Å². The molecule has 2 heterocycles. The monoisotopic (exact) mass is 303 g/mol. The number of hydrogen-bond donors (Lipinski definition) is 1. The minimum Gasteiger partial charge on any atom is -0.462 e. The van der Waals surface area contributed by atoms with Gasteiger partial charge in [-0.15, -0.1) is 12.4 Å². The van der Waals surface area contributed by atoms with Gasteiger partial charge in [0.2, 0.25) is 0 Å². The first-order valence-electron chi connectivity index (χ1n) is 6.24. The number of benzene rings is 1. The fraction of sp³-hybridized carbons (Fsp3) is 0.429. The maximum Gasteiger partial charge on any atom is 0.141 e. The number of halogens is 3. The minimum absolute atomic E-state index is 0. The molecule has 1 aromatic carbocycles. The molecule has 1 aliphatic heterocycles. The summed E-state index contributed by atoms with van der Waals surface area (Å²) in [5.41, 5.74) is 1.30. The van der Waals surface area contributed by atoms with E-state index in [1.165, 1.54) is 12.3 Å². The Labute approximate surface area is 122 Å². The second kappa shape index (κ2) is 5.70. The van der Waals surface area contributed by atoms with Gasteiger partial charge in [-0.1, -0.05) is 18.5 Å². The molecule has 19 heavy (non-hydrogen) atoms. The van der Waals surface area contributed by atoms with Crippen molar-refractivity contribution >= 4 is 35.0 Å². The largest absolute Gasteiger partial charge is 0.462 e. The first-order valence-corrected chi connectivity index (χ1v) is 6.62. The molecule has 1 aromatic heterocycles. The van der Waals surface area contributed by atoms with Crippen LogP contribution in [0.15, 0.2) is 22.8 Å². The van der Waals surface area contributed by atoms with Gasteiger partial charge >= 0.3 is 0 Å². The van der Waals surface area contributed by atoms with Gasteiger partial charge in [0, 0.05) is 10.9 Å². The molecule has 2 atom stereocenters. The summed E-state index contributed by atoms with van der Waals surface area (Å²) in [4.78, 5) is 0. The lowest BCUT2D eigenvalue weighted by Gasteiger charge is -2.30. The summed E-state index contributed by atoms with van der Waals surface area (Å²) in [7, 11) is 0. The maximum absolute atomic E-state index is 14.2. The zero-order valence-electron chi connectivity index (χ0n) is 10.6. The average Bonchev–Trinajstić information content (AvgIpc) is 2.73. The fourth-order valence-electron chi connectivity index (χ4n) is 2.85. The number of fused-ring (bicyclic) bond motifs is 1. The molecule has 104 valence electrons. The quantitative estimate of drug-likeness (QED) is 0.847. The summed E-state index contributed by atoms with van der Waals surface area (Å²) >= 11 is 6.04. The van der Waals surface area contributed by atoms with Gasteiger partial charge in [0.25, 0.3) is 0 Å². The van der Waals surface area contributed by atoms with Crippen LogP contribution in [0, 0.1) is 11.7 Å². The number of rotatable bonds is 1. The van der Waals surface area contributed by atoms with Crippen LogP contribution in [-0.4, -0.2) is 13.1 Å². The summed E-state index contributed by atoms with van der Waals surface area (Å²) in [6.07, 6.45) is 2.41. The van der Waals surface area contributed by atoms with Crippen molar-refractivity contribution in [2.24, 2.45) is 5.92 Å². The summed E-state index contributed by atoms with van der Waals surface area (Å²) in [5, 5.41) is 4.68. The van der Waals surface area contributed by atoms with E-state index in [4.69, 9.17) is 16.0 Å². The summed E-state index contributed by atoms with van der Waals surface area (Å²) in [5.74, 6) is 0.396.